The molecule has 2 amide bonds. The summed E-state index contributed by atoms with van der Waals surface area (Å²) in [5.41, 5.74) is 0.0436. The molecule has 0 bridgehead atoms. The second-order valence-corrected chi connectivity index (χ2v) is 7.28. The summed E-state index contributed by atoms with van der Waals surface area (Å²) in [6.07, 6.45) is 6.09. The monoisotopic (exact) mass is 308 g/mol. The standard InChI is InChI=1S/C16H24N2O4/c19-13-7-16(10-17-13)5-3-12(4-6-16)15(22)18(9-14(20)21)8-11-1-2-11/h11-12H,1-10H2,(H,17,19)(H,20,21). The van der Waals surface area contributed by atoms with Gasteiger partial charge in [0, 0.05) is 25.4 Å². The molecule has 6 heteroatoms. The molecule has 1 spiro atoms. The third-order valence-electron chi connectivity index (χ3n) is 5.40. The number of rotatable bonds is 5. The van der Waals surface area contributed by atoms with E-state index in [2.05, 4.69) is 5.32 Å². The fraction of sp³-hybridized carbons (Fsp3) is 0.812. The van der Waals surface area contributed by atoms with Gasteiger partial charge in [0.25, 0.3) is 0 Å². The van der Waals surface area contributed by atoms with Crippen molar-refractivity contribution in [2.24, 2.45) is 17.3 Å². The van der Waals surface area contributed by atoms with Crippen molar-refractivity contribution in [3.63, 3.8) is 0 Å². The van der Waals surface area contributed by atoms with Crippen LogP contribution in [0.15, 0.2) is 0 Å². The van der Waals surface area contributed by atoms with Gasteiger partial charge >= 0.3 is 5.97 Å². The van der Waals surface area contributed by atoms with Crippen LogP contribution in [0.3, 0.4) is 0 Å². The lowest BCUT2D eigenvalue weighted by molar-refractivity contribution is -0.147. The number of aliphatic carboxylic acids is 1. The normalized spacial score (nSPS) is 31.1. The Hall–Kier alpha value is -1.59. The number of nitrogens with one attached hydrogen (secondary N) is 1. The van der Waals surface area contributed by atoms with Gasteiger partial charge < -0.3 is 15.3 Å². The Bertz CT molecular complexity index is 479. The molecule has 3 aliphatic rings. The van der Waals surface area contributed by atoms with E-state index in [4.69, 9.17) is 5.11 Å². The van der Waals surface area contributed by atoms with Crippen LogP contribution in [0.2, 0.25) is 0 Å². The number of hydrogen-bond donors (Lipinski definition) is 2. The van der Waals surface area contributed by atoms with Gasteiger partial charge in [-0.1, -0.05) is 0 Å². The van der Waals surface area contributed by atoms with E-state index in [0.717, 1.165) is 45.1 Å². The molecular formula is C16H24N2O4. The summed E-state index contributed by atoms with van der Waals surface area (Å²) in [5, 5.41) is 11.9. The van der Waals surface area contributed by atoms with E-state index in [1.54, 1.807) is 4.90 Å². The fourth-order valence-electron chi connectivity index (χ4n) is 3.85. The molecule has 0 aromatic carbocycles. The highest BCUT2D eigenvalue weighted by atomic mass is 16.4. The lowest BCUT2D eigenvalue weighted by atomic mass is 9.69. The van der Waals surface area contributed by atoms with Gasteiger partial charge in [0.15, 0.2) is 0 Å². The maximum absolute atomic E-state index is 12.6. The average Bonchev–Trinajstić information content (AvgIpc) is 3.22. The van der Waals surface area contributed by atoms with Crippen LogP contribution in [0.4, 0.5) is 0 Å². The Morgan fingerprint density at radius 2 is 1.91 bits per heavy atom. The maximum Gasteiger partial charge on any atom is 0.323 e. The van der Waals surface area contributed by atoms with Crippen LogP contribution in [0.25, 0.3) is 0 Å². The molecule has 0 unspecified atom stereocenters. The summed E-state index contributed by atoms with van der Waals surface area (Å²) in [6, 6.07) is 0. The molecule has 6 nitrogen and oxygen atoms in total. The molecule has 1 saturated heterocycles. The van der Waals surface area contributed by atoms with E-state index in [1.165, 1.54) is 0 Å². The summed E-state index contributed by atoms with van der Waals surface area (Å²) in [5.74, 6) is -0.395. The number of hydrogen-bond acceptors (Lipinski definition) is 3. The lowest BCUT2D eigenvalue weighted by Gasteiger charge is -2.37. The second-order valence-electron chi connectivity index (χ2n) is 7.28. The number of carboxylic acids is 1. The quantitative estimate of drug-likeness (QED) is 0.793. The first-order chi connectivity index (χ1) is 10.5. The lowest BCUT2D eigenvalue weighted by Crippen LogP contribution is -2.43. The SMILES string of the molecule is O=C(O)CN(CC1CC1)C(=O)C1CCC2(CC1)CNC(=O)C2. The molecule has 3 fully saturated rings. The summed E-state index contributed by atoms with van der Waals surface area (Å²) in [7, 11) is 0. The molecular weight excluding hydrogens is 284 g/mol. The van der Waals surface area contributed by atoms with Gasteiger partial charge in [0.05, 0.1) is 0 Å². The van der Waals surface area contributed by atoms with Crippen LogP contribution in [-0.4, -0.2) is 47.4 Å². The zero-order chi connectivity index (χ0) is 15.7. The first-order valence-electron chi connectivity index (χ1n) is 8.25. The smallest absolute Gasteiger partial charge is 0.323 e. The molecule has 1 heterocycles. The van der Waals surface area contributed by atoms with Gasteiger partial charge in [0.1, 0.15) is 6.54 Å². The molecule has 0 atom stereocenters. The third kappa shape index (κ3) is 3.42. The summed E-state index contributed by atoms with van der Waals surface area (Å²) in [4.78, 5) is 36.6. The van der Waals surface area contributed by atoms with Gasteiger partial charge in [-0.3, -0.25) is 14.4 Å². The third-order valence-corrected chi connectivity index (χ3v) is 5.40. The molecule has 0 aromatic rings. The predicted molar refractivity (Wildman–Crippen MR) is 79.0 cm³/mol. The molecule has 1 aliphatic heterocycles. The summed E-state index contributed by atoms with van der Waals surface area (Å²) < 4.78 is 0. The largest absolute Gasteiger partial charge is 0.480 e. The van der Waals surface area contributed by atoms with Crippen molar-refractivity contribution >= 4 is 17.8 Å². The molecule has 2 saturated carbocycles. The molecule has 2 aliphatic carbocycles. The summed E-state index contributed by atoms with van der Waals surface area (Å²) >= 11 is 0. The zero-order valence-corrected chi connectivity index (χ0v) is 12.8. The van der Waals surface area contributed by atoms with Crippen molar-refractivity contribution in [1.82, 2.24) is 10.2 Å². The Morgan fingerprint density at radius 1 is 1.23 bits per heavy atom. The van der Waals surface area contributed by atoms with Crippen molar-refractivity contribution in [1.29, 1.82) is 0 Å². The first-order valence-corrected chi connectivity index (χ1v) is 8.25. The minimum absolute atomic E-state index is 0.00133. The van der Waals surface area contributed by atoms with Crippen molar-refractivity contribution < 1.29 is 19.5 Å². The van der Waals surface area contributed by atoms with Crippen LogP contribution in [0.5, 0.6) is 0 Å². The highest BCUT2D eigenvalue weighted by Crippen LogP contribution is 2.44. The van der Waals surface area contributed by atoms with Gasteiger partial charge in [-0.15, -0.1) is 0 Å². The Morgan fingerprint density at radius 3 is 2.41 bits per heavy atom. The van der Waals surface area contributed by atoms with Crippen LogP contribution < -0.4 is 5.32 Å². The number of carbonyl (C=O) groups excluding carboxylic acids is 2. The predicted octanol–water partition coefficient (Wildman–Crippen LogP) is 1.01. The van der Waals surface area contributed by atoms with E-state index >= 15 is 0 Å². The maximum atomic E-state index is 12.6. The van der Waals surface area contributed by atoms with E-state index in [0.29, 0.717) is 18.9 Å². The van der Waals surface area contributed by atoms with Gasteiger partial charge in [-0.25, -0.2) is 0 Å². The molecule has 2 N–H and O–H groups in total. The van der Waals surface area contributed by atoms with E-state index in [9.17, 15) is 14.4 Å². The second kappa shape index (κ2) is 5.89. The summed E-state index contributed by atoms with van der Waals surface area (Å²) in [6.45, 7) is 1.14. The van der Waals surface area contributed by atoms with Gasteiger partial charge in [-0.2, -0.15) is 0 Å². The van der Waals surface area contributed by atoms with Crippen LogP contribution >= 0.6 is 0 Å². The van der Waals surface area contributed by atoms with Crippen molar-refractivity contribution in [2.75, 3.05) is 19.6 Å². The zero-order valence-electron chi connectivity index (χ0n) is 12.8. The molecule has 0 radical (unpaired) electrons. The van der Waals surface area contributed by atoms with Gasteiger partial charge in [0.2, 0.25) is 11.8 Å². The minimum Gasteiger partial charge on any atom is -0.480 e. The number of nitrogens with zero attached hydrogens (tertiary/aromatic N) is 1. The molecule has 22 heavy (non-hydrogen) atoms. The van der Waals surface area contributed by atoms with Crippen molar-refractivity contribution in [2.45, 2.75) is 44.9 Å². The van der Waals surface area contributed by atoms with E-state index < -0.39 is 5.97 Å². The fourth-order valence-corrected chi connectivity index (χ4v) is 3.85. The number of carboxylic acid groups (broad SMARTS) is 1. The number of amides is 2. The van der Waals surface area contributed by atoms with Crippen LogP contribution in [-0.2, 0) is 14.4 Å². The van der Waals surface area contributed by atoms with Crippen molar-refractivity contribution in [3.05, 3.63) is 0 Å². The van der Waals surface area contributed by atoms with Gasteiger partial charge in [-0.05, 0) is 49.9 Å². The molecule has 122 valence electrons. The highest BCUT2D eigenvalue weighted by molar-refractivity contribution is 5.83. The Kier molecular flexibility index (Phi) is 4.10. The molecule has 0 aromatic heterocycles. The van der Waals surface area contributed by atoms with Crippen molar-refractivity contribution in [3.8, 4) is 0 Å². The average molecular weight is 308 g/mol. The topological polar surface area (TPSA) is 86.7 Å². The first kappa shape index (κ1) is 15.3. The highest BCUT2D eigenvalue weighted by Gasteiger charge is 2.43. The minimum atomic E-state index is -0.938. The molecule has 3 rings (SSSR count). The van der Waals surface area contributed by atoms with E-state index in [1.807, 2.05) is 0 Å². The van der Waals surface area contributed by atoms with Crippen LogP contribution in [0.1, 0.15) is 44.9 Å². The Labute approximate surface area is 130 Å². The van der Waals surface area contributed by atoms with Crippen LogP contribution in [0, 0.1) is 17.3 Å². The number of carbonyl (C=O) groups is 3. The Balaban J connectivity index is 1.57. The van der Waals surface area contributed by atoms with E-state index in [-0.39, 0.29) is 29.7 Å².